The van der Waals surface area contributed by atoms with Crippen LogP contribution < -0.4 is 5.32 Å². The number of rotatable bonds is 6. The summed E-state index contributed by atoms with van der Waals surface area (Å²) in [6.45, 7) is 4.32. The first-order valence-electron chi connectivity index (χ1n) is 7.62. The molecule has 21 heavy (non-hydrogen) atoms. The van der Waals surface area contributed by atoms with Crippen LogP contribution in [0.15, 0.2) is 54.6 Å². The second kappa shape index (κ2) is 7.67. The molecular weight excluding hydrogens is 254 g/mol. The molecule has 0 aliphatic rings. The number of hydrogen-bond acceptors (Lipinski definition) is 1. The summed E-state index contributed by atoms with van der Waals surface area (Å²) in [6, 6.07) is 19.6. The van der Waals surface area contributed by atoms with Gasteiger partial charge in [-0.25, -0.2) is 0 Å². The van der Waals surface area contributed by atoms with Gasteiger partial charge in [0.2, 0.25) is 0 Å². The van der Waals surface area contributed by atoms with Crippen LogP contribution in [0.25, 0.3) is 11.1 Å². The highest BCUT2D eigenvalue weighted by molar-refractivity contribution is 5.63. The van der Waals surface area contributed by atoms with Gasteiger partial charge in [-0.3, -0.25) is 5.32 Å². The van der Waals surface area contributed by atoms with Crippen molar-refractivity contribution in [3.8, 4) is 23.5 Å². The van der Waals surface area contributed by atoms with Gasteiger partial charge in [-0.05, 0) is 30.0 Å². The van der Waals surface area contributed by atoms with E-state index in [2.05, 4.69) is 73.6 Å². The van der Waals surface area contributed by atoms with Gasteiger partial charge >= 0.3 is 0 Å². The van der Waals surface area contributed by atoms with Crippen molar-refractivity contribution >= 4 is 0 Å². The molecule has 1 nitrogen and oxygen atoms in total. The number of terminal acetylenes is 1. The summed E-state index contributed by atoms with van der Waals surface area (Å²) in [7, 11) is 0. The lowest BCUT2D eigenvalue weighted by Gasteiger charge is -2.19. The van der Waals surface area contributed by atoms with Crippen molar-refractivity contribution in [1.29, 1.82) is 0 Å². The lowest BCUT2D eigenvalue weighted by atomic mass is 10.0. The molecule has 108 valence electrons. The zero-order chi connectivity index (χ0) is 15.1. The molecule has 2 aromatic carbocycles. The second-order valence-corrected chi connectivity index (χ2v) is 5.38. The molecular formula is C20H23N. The topological polar surface area (TPSA) is 12.0 Å². The normalized spacial score (nSPS) is 13.4. The zero-order valence-electron chi connectivity index (χ0n) is 12.8. The van der Waals surface area contributed by atoms with E-state index in [9.17, 15) is 0 Å². The molecule has 0 saturated heterocycles. The maximum Gasteiger partial charge on any atom is 0.0691 e. The Kier molecular flexibility index (Phi) is 5.60. The standard InChI is InChI=1S/C20H23N/c1-4-9-20(5-2)21-16(3)17-12-14-19(15-13-17)18-10-7-6-8-11-18/h2,6-8,10-16,20-21H,4,9H2,1,3H3. The van der Waals surface area contributed by atoms with Crippen LogP contribution in [-0.4, -0.2) is 6.04 Å². The third-order valence-corrected chi connectivity index (χ3v) is 3.75. The quantitative estimate of drug-likeness (QED) is 0.747. The third-order valence-electron chi connectivity index (χ3n) is 3.75. The summed E-state index contributed by atoms with van der Waals surface area (Å²) < 4.78 is 0. The monoisotopic (exact) mass is 277 g/mol. The van der Waals surface area contributed by atoms with E-state index < -0.39 is 0 Å². The second-order valence-electron chi connectivity index (χ2n) is 5.38. The molecule has 2 unspecified atom stereocenters. The molecule has 0 heterocycles. The van der Waals surface area contributed by atoms with Crippen molar-refractivity contribution in [1.82, 2.24) is 5.32 Å². The predicted octanol–water partition coefficient (Wildman–Crippen LogP) is 4.81. The Balaban J connectivity index is 2.07. The fraction of sp³-hybridized carbons (Fsp3) is 0.300. The summed E-state index contributed by atoms with van der Waals surface area (Å²) in [5.41, 5.74) is 3.76. The first kappa shape index (κ1) is 15.4. The van der Waals surface area contributed by atoms with E-state index in [4.69, 9.17) is 6.42 Å². The smallest absolute Gasteiger partial charge is 0.0691 e. The Bertz CT molecular complexity index is 577. The Hall–Kier alpha value is -2.04. The predicted molar refractivity (Wildman–Crippen MR) is 91.0 cm³/mol. The highest BCUT2D eigenvalue weighted by Crippen LogP contribution is 2.22. The van der Waals surface area contributed by atoms with Crippen LogP contribution in [0.1, 0.15) is 38.3 Å². The summed E-state index contributed by atoms with van der Waals surface area (Å²) in [5.74, 6) is 2.83. The summed E-state index contributed by atoms with van der Waals surface area (Å²) in [5, 5.41) is 3.51. The van der Waals surface area contributed by atoms with Gasteiger partial charge in [-0.2, -0.15) is 0 Å². The van der Waals surface area contributed by atoms with Gasteiger partial charge in [-0.15, -0.1) is 6.42 Å². The fourth-order valence-electron chi connectivity index (χ4n) is 2.50. The van der Waals surface area contributed by atoms with Crippen LogP contribution in [0, 0.1) is 12.3 Å². The van der Waals surface area contributed by atoms with Crippen molar-refractivity contribution in [3.63, 3.8) is 0 Å². The summed E-state index contributed by atoms with van der Waals surface area (Å²) in [4.78, 5) is 0. The molecule has 0 spiro atoms. The van der Waals surface area contributed by atoms with Gasteiger partial charge in [0.15, 0.2) is 0 Å². The molecule has 0 aliphatic carbocycles. The minimum atomic E-state index is 0.152. The maximum atomic E-state index is 5.57. The average Bonchev–Trinajstić information content (AvgIpc) is 2.55. The number of hydrogen-bond donors (Lipinski definition) is 1. The molecule has 1 heteroatoms. The maximum absolute atomic E-state index is 5.57. The first-order chi connectivity index (χ1) is 10.2. The Morgan fingerprint density at radius 2 is 1.62 bits per heavy atom. The molecule has 2 atom stereocenters. The Labute approximate surface area is 128 Å². The molecule has 1 N–H and O–H groups in total. The first-order valence-corrected chi connectivity index (χ1v) is 7.62. The van der Waals surface area contributed by atoms with E-state index in [0.717, 1.165) is 12.8 Å². The van der Waals surface area contributed by atoms with Crippen molar-refractivity contribution < 1.29 is 0 Å². The van der Waals surface area contributed by atoms with E-state index in [-0.39, 0.29) is 12.1 Å². The number of nitrogens with one attached hydrogen (secondary N) is 1. The molecule has 2 rings (SSSR count). The van der Waals surface area contributed by atoms with Crippen molar-refractivity contribution in [3.05, 3.63) is 60.2 Å². The van der Waals surface area contributed by atoms with E-state index in [1.807, 2.05) is 6.07 Å². The van der Waals surface area contributed by atoms with Gasteiger partial charge in [0.25, 0.3) is 0 Å². The number of benzene rings is 2. The highest BCUT2D eigenvalue weighted by Gasteiger charge is 2.10. The summed E-state index contributed by atoms with van der Waals surface area (Å²) in [6.07, 6.45) is 7.69. The molecule has 0 aliphatic heterocycles. The summed E-state index contributed by atoms with van der Waals surface area (Å²) >= 11 is 0. The van der Waals surface area contributed by atoms with Crippen molar-refractivity contribution in [2.75, 3.05) is 0 Å². The van der Waals surface area contributed by atoms with Crippen LogP contribution in [0.5, 0.6) is 0 Å². The Morgan fingerprint density at radius 3 is 2.19 bits per heavy atom. The molecule has 0 fully saturated rings. The highest BCUT2D eigenvalue weighted by atomic mass is 14.9. The lowest BCUT2D eigenvalue weighted by Crippen LogP contribution is -2.30. The lowest BCUT2D eigenvalue weighted by molar-refractivity contribution is 0.495. The van der Waals surface area contributed by atoms with E-state index >= 15 is 0 Å². The average molecular weight is 277 g/mol. The van der Waals surface area contributed by atoms with Crippen LogP contribution >= 0.6 is 0 Å². The third kappa shape index (κ3) is 4.21. The van der Waals surface area contributed by atoms with Crippen LogP contribution in [0.3, 0.4) is 0 Å². The Morgan fingerprint density at radius 1 is 1.00 bits per heavy atom. The van der Waals surface area contributed by atoms with Gasteiger partial charge in [0, 0.05) is 6.04 Å². The molecule has 2 aromatic rings. The molecule has 0 amide bonds. The van der Waals surface area contributed by atoms with Crippen LogP contribution in [0.4, 0.5) is 0 Å². The van der Waals surface area contributed by atoms with Crippen LogP contribution in [-0.2, 0) is 0 Å². The van der Waals surface area contributed by atoms with Gasteiger partial charge in [0.05, 0.1) is 6.04 Å². The van der Waals surface area contributed by atoms with Gasteiger partial charge < -0.3 is 0 Å². The fourth-order valence-corrected chi connectivity index (χ4v) is 2.50. The zero-order valence-corrected chi connectivity index (χ0v) is 12.8. The minimum Gasteiger partial charge on any atom is -0.297 e. The van der Waals surface area contributed by atoms with Crippen LogP contribution in [0.2, 0.25) is 0 Å². The molecule has 0 radical (unpaired) electrons. The van der Waals surface area contributed by atoms with E-state index in [0.29, 0.717) is 0 Å². The van der Waals surface area contributed by atoms with Crippen molar-refractivity contribution in [2.24, 2.45) is 0 Å². The minimum absolute atomic E-state index is 0.152. The van der Waals surface area contributed by atoms with E-state index in [1.165, 1.54) is 16.7 Å². The van der Waals surface area contributed by atoms with Crippen molar-refractivity contribution in [2.45, 2.75) is 38.8 Å². The SMILES string of the molecule is C#CC(CCC)NC(C)c1ccc(-c2ccccc2)cc1. The largest absolute Gasteiger partial charge is 0.297 e. The van der Waals surface area contributed by atoms with E-state index in [1.54, 1.807) is 0 Å². The molecule has 0 aromatic heterocycles. The molecule has 0 bridgehead atoms. The molecule has 0 saturated carbocycles. The van der Waals surface area contributed by atoms with Gasteiger partial charge in [-0.1, -0.05) is 73.9 Å². The van der Waals surface area contributed by atoms with Gasteiger partial charge in [0.1, 0.15) is 0 Å².